The summed E-state index contributed by atoms with van der Waals surface area (Å²) in [6.45, 7) is 3.01. The van der Waals surface area contributed by atoms with Crippen molar-refractivity contribution < 1.29 is 4.42 Å². The van der Waals surface area contributed by atoms with Crippen LogP contribution in [0.4, 0.5) is 0 Å². The highest BCUT2D eigenvalue weighted by Crippen LogP contribution is 2.17. The van der Waals surface area contributed by atoms with E-state index < -0.39 is 0 Å². The van der Waals surface area contributed by atoms with Gasteiger partial charge in [0.1, 0.15) is 5.76 Å². The van der Waals surface area contributed by atoms with Crippen LogP contribution in [-0.4, -0.2) is 16.3 Å². The van der Waals surface area contributed by atoms with Gasteiger partial charge in [-0.15, -0.1) is 0 Å². The van der Waals surface area contributed by atoms with Gasteiger partial charge in [-0.05, 0) is 24.7 Å². The average Bonchev–Trinajstić information content (AvgIpc) is 2.88. The molecule has 0 spiro atoms. The maximum atomic E-state index is 5.43. The SMILES string of the molecule is CCNC(Cc1ccn(C)n1)c1ccco1. The molecule has 16 heavy (non-hydrogen) atoms. The lowest BCUT2D eigenvalue weighted by atomic mass is 10.1. The van der Waals surface area contributed by atoms with Crippen LogP contribution in [0.25, 0.3) is 0 Å². The van der Waals surface area contributed by atoms with E-state index in [1.165, 1.54) is 0 Å². The summed E-state index contributed by atoms with van der Waals surface area (Å²) >= 11 is 0. The molecule has 1 unspecified atom stereocenters. The van der Waals surface area contributed by atoms with Crippen LogP contribution in [0.1, 0.15) is 24.4 Å². The first-order chi connectivity index (χ1) is 7.79. The van der Waals surface area contributed by atoms with Crippen LogP contribution >= 0.6 is 0 Å². The third-order valence-corrected chi connectivity index (χ3v) is 2.52. The van der Waals surface area contributed by atoms with E-state index in [9.17, 15) is 0 Å². The van der Waals surface area contributed by atoms with E-state index in [1.807, 2.05) is 36.1 Å². The van der Waals surface area contributed by atoms with Gasteiger partial charge in [0.05, 0.1) is 18.0 Å². The summed E-state index contributed by atoms with van der Waals surface area (Å²) in [5.41, 5.74) is 1.07. The number of aryl methyl sites for hydroxylation is 1. The second-order valence-corrected chi connectivity index (χ2v) is 3.81. The summed E-state index contributed by atoms with van der Waals surface area (Å²) < 4.78 is 7.25. The number of nitrogens with zero attached hydrogens (tertiary/aromatic N) is 2. The lowest BCUT2D eigenvalue weighted by Crippen LogP contribution is -2.22. The second-order valence-electron chi connectivity index (χ2n) is 3.81. The Morgan fingerprint density at radius 1 is 1.50 bits per heavy atom. The summed E-state index contributed by atoms with van der Waals surface area (Å²) in [6, 6.07) is 6.15. The molecule has 1 atom stereocenters. The molecule has 4 heteroatoms. The van der Waals surface area contributed by atoms with Gasteiger partial charge >= 0.3 is 0 Å². The Bertz CT molecular complexity index is 419. The van der Waals surface area contributed by atoms with Gasteiger partial charge in [0, 0.05) is 19.7 Å². The molecule has 0 radical (unpaired) electrons. The van der Waals surface area contributed by atoms with Gasteiger partial charge in [0.15, 0.2) is 0 Å². The van der Waals surface area contributed by atoms with E-state index in [4.69, 9.17) is 4.42 Å². The smallest absolute Gasteiger partial charge is 0.121 e. The number of likely N-dealkylation sites (N-methyl/N-ethyl adjacent to an activating group) is 1. The molecule has 0 aromatic carbocycles. The molecule has 0 saturated heterocycles. The van der Waals surface area contributed by atoms with Crippen molar-refractivity contribution >= 4 is 0 Å². The molecule has 86 valence electrons. The predicted molar refractivity (Wildman–Crippen MR) is 62.0 cm³/mol. The van der Waals surface area contributed by atoms with Crippen LogP contribution in [0.2, 0.25) is 0 Å². The first kappa shape index (κ1) is 11.0. The molecule has 2 aromatic rings. The third-order valence-electron chi connectivity index (χ3n) is 2.52. The van der Waals surface area contributed by atoms with Gasteiger partial charge in [0.2, 0.25) is 0 Å². The summed E-state index contributed by atoms with van der Waals surface area (Å²) in [5, 5.41) is 7.78. The highest BCUT2D eigenvalue weighted by molar-refractivity contribution is 5.10. The zero-order chi connectivity index (χ0) is 11.4. The number of hydrogen-bond donors (Lipinski definition) is 1. The van der Waals surface area contributed by atoms with Crippen LogP contribution in [-0.2, 0) is 13.5 Å². The lowest BCUT2D eigenvalue weighted by molar-refractivity contribution is 0.413. The minimum Gasteiger partial charge on any atom is -0.468 e. The first-order valence-electron chi connectivity index (χ1n) is 5.55. The van der Waals surface area contributed by atoms with Crippen molar-refractivity contribution in [2.75, 3.05) is 6.54 Å². The molecular weight excluding hydrogens is 202 g/mol. The van der Waals surface area contributed by atoms with Crippen molar-refractivity contribution in [3.8, 4) is 0 Å². The minimum atomic E-state index is 0.204. The van der Waals surface area contributed by atoms with Gasteiger partial charge in [-0.25, -0.2) is 0 Å². The van der Waals surface area contributed by atoms with Gasteiger partial charge in [-0.3, -0.25) is 4.68 Å². The molecule has 1 N–H and O–H groups in total. The molecule has 0 aliphatic carbocycles. The number of rotatable bonds is 5. The molecule has 0 bridgehead atoms. The second kappa shape index (κ2) is 4.99. The van der Waals surface area contributed by atoms with Crippen molar-refractivity contribution in [2.24, 2.45) is 7.05 Å². The van der Waals surface area contributed by atoms with Crippen LogP contribution in [0.15, 0.2) is 35.1 Å². The van der Waals surface area contributed by atoms with E-state index in [2.05, 4.69) is 17.3 Å². The normalized spacial score (nSPS) is 12.9. The monoisotopic (exact) mass is 219 g/mol. The van der Waals surface area contributed by atoms with Gasteiger partial charge in [-0.1, -0.05) is 6.92 Å². The Morgan fingerprint density at radius 3 is 2.94 bits per heavy atom. The van der Waals surface area contributed by atoms with Crippen molar-refractivity contribution in [2.45, 2.75) is 19.4 Å². The molecule has 4 nitrogen and oxygen atoms in total. The maximum absolute atomic E-state index is 5.43. The molecule has 0 aliphatic rings. The fourth-order valence-corrected chi connectivity index (χ4v) is 1.79. The Balaban J connectivity index is 2.09. The largest absolute Gasteiger partial charge is 0.468 e. The van der Waals surface area contributed by atoms with E-state index in [-0.39, 0.29) is 6.04 Å². The molecule has 2 aromatic heterocycles. The Kier molecular flexibility index (Phi) is 3.41. The quantitative estimate of drug-likeness (QED) is 0.835. The summed E-state index contributed by atoms with van der Waals surface area (Å²) in [5.74, 6) is 0.965. The Hall–Kier alpha value is -1.55. The predicted octanol–water partition coefficient (Wildman–Crippen LogP) is 1.91. The first-order valence-corrected chi connectivity index (χ1v) is 5.55. The molecule has 2 rings (SSSR count). The van der Waals surface area contributed by atoms with Crippen molar-refractivity contribution in [3.05, 3.63) is 42.1 Å². The van der Waals surface area contributed by atoms with Gasteiger partial charge in [0.25, 0.3) is 0 Å². The standard InChI is InChI=1S/C12H17N3O/c1-3-13-11(12-5-4-8-16-12)9-10-6-7-15(2)14-10/h4-8,11,13H,3,9H2,1-2H3. The van der Waals surface area contributed by atoms with E-state index in [0.717, 1.165) is 24.4 Å². The number of nitrogens with one attached hydrogen (secondary N) is 1. The van der Waals surface area contributed by atoms with Crippen LogP contribution in [0.5, 0.6) is 0 Å². The number of hydrogen-bond acceptors (Lipinski definition) is 3. The van der Waals surface area contributed by atoms with Crippen molar-refractivity contribution in [3.63, 3.8) is 0 Å². The molecule has 0 aliphatic heterocycles. The zero-order valence-corrected chi connectivity index (χ0v) is 9.68. The highest BCUT2D eigenvalue weighted by atomic mass is 16.3. The van der Waals surface area contributed by atoms with Crippen LogP contribution < -0.4 is 5.32 Å². The third kappa shape index (κ3) is 2.52. The Morgan fingerprint density at radius 2 is 2.38 bits per heavy atom. The van der Waals surface area contributed by atoms with E-state index >= 15 is 0 Å². The summed E-state index contributed by atoms with van der Waals surface area (Å²) in [4.78, 5) is 0. The molecular formula is C12H17N3O. The van der Waals surface area contributed by atoms with Crippen molar-refractivity contribution in [1.29, 1.82) is 0 Å². The number of furan rings is 1. The summed E-state index contributed by atoms with van der Waals surface area (Å²) in [6.07, 6.45) is 4.51. The fourth-order valence-electron chi connectivity index (χ4n) is 1.79. The topological polar surface area (TPSA) is 43.0 Å². The lowest BCUT2D eigenvalue weighted by Gasteiger charge is -2.13. The average molecular weight is 219 g/mol. The van der Waals surface area contributed by atoms with E-state index in [1.54, 1.807) is 6.26 Å². The molecule has 0 amide bonds. The van der Waals surface area contributed by atoms with Crippen LogP contribution in [0.3, 0.4) is 0 Å². The fraction of sp³-hybridized carbons (Fsp3) is 0.417. The number of aromatic nitrogens is 2. The molecule has 0 fully saturated rings. The van der Waals surface area contributed by atoms with Gasteiger partial charge in [-0.2, -0.15) is 5.10 Å². The zero-order valence-electron chi connectivity index (χ0n) is 9.68. The van der Waals surface area contributed by atoms with Gasteiger partial charge < -0.3 is 9.73 Å². The van der Waals surface area contributed by atoms with E-state index in [0.29, 0.717) is 0 Å². The Labute approximate surface area is 95.3 Å². The summed E-state index contributed by atoms with van der Waals surface area (Å²) in [7, 11) is 1.93. The minimum absolute atomic E-state index is 0.204. The molecule has 2 heterocycles. The molecule has 0 saturated carbocycles. The maximum Gasteiger partial charge on any atom is 0.121 e. The van der Waals surface area contributed by atoms with Crippen LogP contribution in [0, 0.1) is 0 Å². The highest BCUT2D eigenvalue weighted by Gasteiger charge is 2.14. The van der Waals surface area contributed by atoms with Crippen molar-refractivity contribution in [1.82, 2.24) is 15.1 Å².